The zero-order valence-corrected chi connectivity index (χ0v) is 19.6. The third kappa shape index (κ3) is 4.61. The predicted octanol–water partition coefficient (Wildman–Crippen LogP) is 4.77. The number of pyridine rings is 3. The number of halogens is 3. The first-order chi connectivity index (χ1) is 17.1. The van der Waals surface area contributed by atoms with Crippen LogP contribution in [0.25, 0.3) is 11.1 Å². The van der Waals surface area contributed by atoms with E-state index in [0.717, 1.165) is 30.1 Å². The highest BCUT2D eigenvalue weighted by molar-refractivity contribution is 6.03. The number of quaternary nitrogens is 1. The molecule has 0 bridgehead atoms. The van der Waals surface area contributed by atoms with Crippen molar-refractivity contribution in [2.45, 2.75) is 37.9 Å². The highest BCUT2D eigenvalue weighted by atomic mass is 19.4. The van der Waals surface area contributed by atoms with E-state index in [4.69, 9.17) is 0 Å². The Morgan fingerprint density at radius 3 is 2.61 bits per heavy atom. The number of anilines is 1. The van der Waals surface area contributed by atoms with Crippen molar-refractivity contribution in [3.05, 3.63) is 71.9 Å². The molecule has 0 aromatic carbocycles. The molecule has 184 valence electrons. The Morgan fingerprint density at radius 1 is 1.11 bits per heavy atom. The molecule has 36 heavy (non-hydrogen) atoms. The van der Waals surface area contributed by atoms with Crippen molar-refractivity contribution in [1.82, 2.24) is 15.0 Å². The minimum atomic E-state index is -4.47. The zero-order chi connectivity index (χ0) is 25.5. The Hall–Kier alpha value is -3.99. The summed E-state index contributed by atoms with van der Waals surface area (Å²) in [7, 11) is 1.36. The summed E-state index contributed by atoms with van der Waals surface area (Å²) in [5.74, 6) is 0.227. The van der Waals surface area contributed by atoms with E-state index in [1.54, 1.807) is 30.5 Å². The summed E-state index contributed by atoms with van der Waals surface area (Å²) < 4.78 is 39.7. The van der Waals surface area contributed by atoms with Crippen LogP contribution in [-0.4, -0.2) is 56.8 Å². The fourth-order valence-electron chi connectivity index (χ4n) is 3.96. The van der Waals surface area contributed by atoms with E-state index in [1.807, 2.05) is 12.1 Å². The topological polar surface area (TPSA) is 92.5 Å². The number of nitrogens with one attached hydrogen (secondary N) is 1. The molecule has 8 nitrogen and oxygen atoms in total. The van der Waals surface area contributed by atoms with Gasteiger partial charge in [0.15, 0.2) is 6.04 Å². The lowest BCUT2D eigenvalue weighted by molar-refractivity contribution is -0.762. The quantitative estimate of drug-likeness (QED) is 0.500. The molecule has 2 unspecified atom stereocenters. The van der Waals surface area contributed by atoms with Crippen LogP contribution in [0.5, 0.6) is 0 Å². The molecule has 1 aliphatic carbocycles. The van der Waals surface area contributed by atoms with Gasteiger partial charge < -0.3 is 5.32 Å². The van der Waals surface area contributed by atoms with Crippen molar-refractivity contribution in [3.8, 4) is 11.1 Å². The summed E-state index contributed by atoms with van der Waals surface area (Å²) >= 11 is 0. The van der Waals surface area contributed by atoms with Crippen molar-refractivity contribution in [2.24, 2.45) is 10.2 Å². The third-order valence-electron chi connectivity index (χ3n) is 6.51. The lowest BCUT2D eigenvalue weighted by Crippen LogP contribution is -2.58. The first-order valence-corrected chi connectivity index (χ1v) is 11.4. The van der Waals surface area contributed by atoms with Crippen LogP contribution in [0.1, 0.15) is 47.6 Å². The Bertz CT molecular complexity index is 1370. The van der Waals surface area contributed by atoms with Crippen LogP contribution in [0.2, 0.25) is 0 Å². The zero-order valence-electron chi connectivity index (χ0n) is 19.6. The first-order valence-electron chi connectivity index (χ1n) is 11.4. The Labute approximate surface area is 205 Å². The van der Waals surface area contributed by atoms with Gasteiger partial charge in [-0.15, -0.1) is 0 Å². The number of hydrogen-bond donors (Lipinski definition) is 1. The van der Waals surface area contributed by atoms with E-state index < -0.39 is 22.6 Å². The van der Waals surface area contributed by atoms with E-state index in [1.165, 1.54) is 32.2 Å². The van der Waals surface area contributed by atoms with Crippen molar-refractivity contribution < 1.29 is 22.4 Å². The standard InChI is InChI=1S/C25H22F3N7O/c1-15(25(26,27)28)35(2)14-31-34-23(35)20-4-3-5-22(32-20)33-24(36)21-12-17(10-11-29-21)18-8-9-19(30-13-18)16-6-7-16/h3-5,8-16H,6-7H2,1-2H3/p+1. The van der Waals surface area contributed by atoms with Crippen molar-refractivity contribution >= 4 is 23.9 Å². The molecular formula is C25H23F3N7O+. The number of carbonyl (C=O) groups excluding carboxylic acids is 1. The fourth-order valence-corrected chi connectivity index (χ4v) is 3.96. The second-order valence-electron chi connectivity index (χ2n) is 9.06. The lowest BCUT2D eigenvalue weighted by atomic mass is 10.1. The second-order valence-corrected chi connectivity index (χ2v) is 9.06. The Morgan fingerprint density at radius 2 is 1.92 bits per heavy atom. The van der Waals surface area contributed by atoms with Gasteiger partial charge in [-0.05, 0) is 55.7 Å². The summed E-state index contributed by atoms with van der Waals surface area (Å²) in [5, 5.41) is 10.3. The highest BCUT2D eigenvalue weighted by Gasteiger charge is 2.53. The molecule has 0 radical (unpaired) electrons. The normalized spacial score (nSPS) is 20.2. The molecule has 4 heterocycles. The summed E-state index contributed by atoms with van der Waals surface area (Å²) in [6, 6.07) is 10.3. The van der Waals surface area contributed by atoms with Crippen molar-refractivity contribution in [1.29, 1.82) is 0 Å². The molecule has 3 aromatic rings. The molecule has 1 fully saturated rings. The van der Waals surface area contributed by atoms with Gasteiger partial charge in [0.2, 0.25) is 6.34 Å². The summed E-state index contributed by atoms with van der Waals surface area (Å²) in [4.78, 5) is 25.9. The largest absolute Gasteiger partial charge is 0.441 e. The number of carbonyl (C=O) groups is 1. The maximum absolute atomic E-state index is 13.5. The summed E-state index contributed by atoms with van der Waals surface area (Å²) in [5.41, 5.74) is 3.07. The molecule has 1 aliphatic heterocycles. The number of amides is 1. The van der Waals surface area contributed by atoms with E-state index in [9.17, 15) is 18.0 Å². The van der Waals surface area contributed by atoms with Gasteiger partial charge in [-0.3, -0.25) is 14.8 Å². The first kappa shape index (κ1) is 23.7. The van der Waals surface area contributed by atoms with Crippen molar-refractivity contribution in [2.75, 3.05) is 12.4 Å². The van der Waals surface area contributed by atoms with E-state index in [-0.39, 0.29) is 23.0 Å². The maximum Gasteiger partial charge on any atom is 0.441 e. The van der Waals surface area contributed by atoms with Gasteiger partial charge in [-0.2, -0.15) is 13.2 Å². The van der Waals surface area contributed by atoms with Gasteiger partial charge in [0, 0.05) is 29.6 Å². The molecule has 1 amide bonds. The molecular weight excluding hydrogens is 471 g/mol. The Kier molecular flexibility index (Phi) is 5.87. The second kappa shape index (κ2) is 8.90. The number of amidine groups is 1. The van der Waals surface area contributed by atoms with Crippen molar-refractivity contribution in [3.63, 3.8) is 0 Å². The van der Waals surface area contributed by atoms with Crippen LogP contribution in [0.4, 0.5) is 19.0 Å². The summed E-state index contributed by atoms with van der Waals surface area (Å²) in [6.07, 6.45) is 2.32. The van der Waals surface area contributed by atoms with Crippen LogP contribution in [0.15, 0.2) is 65.1 Å². The average molecular weight is 495 g/mol. The molecule has 1 saturated carbocycles. The fraction of sp³-hybridized carbons (Fsp3) is 0.280. The van der Waals surface area contributed by atoms with Gasteiger partial charge in [-0.25, -0.2) is 9.47 Å². The van der Waals surface area contributed by atoms with E-state index in [0.29, 0.717) is 5.92 Å². The van der Waals surface area contributed by atoms with Gasteiger partial charge in [0.25, 0.3) is 11.7 Å². The lowest BCUT2D eigenvalue weighted by Gasteiger charge is -2.32. The number of rotatable bonds is 6. The van der Waals surface area contributed by atoms with Crippen LogP contribution in [-0.2, 0) is 0 Å². The molecule has 5 rings (SSSR count). The summed E-state index contributed by atoms with van der Waals surface area (Å²) in [6.45, 7) is 1.06. The van der Waals surface area contributed by atoms with Crippen LogP contribution in [0, 0.1) is 0 Å². The van der Waals surface area contributed by atoms with Gasteiger partial charge >= 0.3 is 6.18 Å². The molecule has 0 spiro atoms. The highest BCUT2D eigenvalue weighted by Crippen LogP contribution is 2.39. The van der Waals surface area contributed by atoms with Crippen LogP contribution in [0.3, 0.4) is 0 Å². The minimum Gasteiger partial charge on any atom is -0.305 e. The van der Waals surface area contributed by atoms with E-state index >= 15 is 0 Å². The van der Waals surface area contributed by atoms with Gasteiger partial charge in [0.1, 0.15) is 17.2 Å². The maximum atomic E-state index is 13.5. The molecule has 0 saturated heterocycles. The van der Waals surface area contributed by atoms with Crippen LogP contribution < -0.4 is 5.32 Å². The van der Waals surface area contributed by atoms with E-state index in [2.05, 4.69) is 30.5 Å². The molecule has 3 aromatic heterocycles. The molecule has 2 atom stereocenters. The number of aromatic nitrogens is 3. The van der Waals surface area contributed by atoms with Gasteiger partial charge in [0.05, 0.1) is 7.05 Å². The monoisotopic (exact) mass is 494 g/mol. The third-order valence-corrected chi connectivity index (χ3v) is 6.51. The molecule has 1 N–H and O–H groups in total. The number of hydrogen-bond acceptors (Lipinski definition) is 6. The molecule has 11 heteroatoms. The smallest absolute Gasteiger partial charge is 0.305 e. The average Bonchev–Trinajstić information content (AvgIpc) is 3.64. The predicted molar refractivity (Wildman–Crippen MR) is 128 cm³/mol. The minimum absolute atomic E-state index is 0.0261. The SMILES string of the molecule is CC(C(F)(F)F)[N+]1(C)C=NN=C1c1cccc(NC(=O)c2cc(-c3ccc(C4CC4)nc3)ccn2)n1. The van der Waals surface area contributed by atoms with Gasteiger partial charge in [-0.1, -0.05) is 22.3 Å². The van der Waals surface area contributed by atoms with Crippen LogP contribution >= 0.6 is 0 Å². The molecule has 2 aliphatic rings. The Balaban J connectivity index is 1.34. The number of alkyl halides is 3. The number of nitrogens with zero attached hydrogens (tertiary/aromatic N) is 6.